The standard InChI is InChI=1S/C26H25FN4O2S/c1-15-29-23(16-9-11-18(27)12-10-16)24(34-15)25(32)31-14-17-5-4-6-19(17)21(31)13-28-26-30-20-7-2-3-8-22(20)33-26/h2-3,7-12,17,19,21H,4-6,13-14H2,1H3,(H,28,30)/t17-,19-,21+/m1/s1. The number of thiazole rings is 1. The molecule has 8 heteroatoms. The molecule has 0 radical (unpaired) electrons. The first-order valence-electron chi connectivity index (χ1n) is 11.7. The van der Waals surface area contributed by atoms with E-state index in [4.69, 9.17) is 4.42 Å². The lowest BCUT2D eigenvalue weighted by Gasteiger charge is -2.28. The van der Waals surface area contributed by atoms with Crippen LogP contribution in [0.15, 0.2) is 52.9 Å². The van der Waals surface area contributed by atoms with Crippen LogP contribution in [0.1, 0.15) is 33.9 Å². The van der Waals surface area contributed by atoms with E-state index in [0.29, 0.717) is 35.0 Å². The molecule has 2 fully saturated rings. The summed E-state index contributed by atoms with van der Waals surface area (Å²) in [5.74, 6) is 0.678. The quantitative estimate of drug-likeness (QED) is 0.397. The molecule has 6 rings (SSSR count). The van der Waals surface area contributed by atoms with Crippen molar-refractivity contribution in [2.75, 3.05) is 18.4 Å². The second kappa shape index (κ2) is 8.51. The zero-order valence-corrected chi connectivity index (χ0v) is 19.6. The Balaban J connectivity index is 1.28. The van der Waals surface area contributed by atoms with Gasteiger partial charge >= 0.3 is 0 Å². The molecule has 2 aromatic heterocycles. The normalized spacial score (nSPS) is 21.8. The number of aryl methyl sites for hydroxylation is 1. The van der Waals surface area contributed by atoms with Gasteiger partial charge in [0.2, 0.25) is 0 Å². The second-order valence-corrected chi connectivity index (χ2v) is 10.4. The van der Waals surface area contributed by atoms with Crippen LogP contribution >= 0.6 is 11.3 Å². The Morgan fingerprint density at radius 2 is 2.00 bits per heavy atom. The number of carbonyl (C=O) groups excluding carboxylic acids is 1. The Morgan fingerprint density at radius 3 is 2.82 bits per heavy atom. The summed E-state index contributed by atoms with van der Waals surface area (Å²) in [5, 5.41) is 4.18. The monoisotopic (exact) mass is 476 g/mol. The fourth-order valence-corrected chi connectivity index (χ4v) is 6.46. The number of fused-ring (bicyclic) bond motifs is 2. The molecule has 1 aliphatic heterocycles. The van der Waals surface area contributed by atoms with Crippen molar-refractivity contribution in [2.45, 2.75) is 32.2 Å². The van der Waals surface area contributed by atoms with Crippen LogP contribution in [0.2, 0.25) is 0 Å². The summed E-state index contributed by atoms with van der Waals surface area (Å²) in [6, 6.07) is 14.4. The highest BCUT2D eigenvalue weighted by Crippen LogP contribution is 2.43. The number of likely N-dealkylation sites (tertiary alicyclic amines) is 1. The predicted molar refractivity (Wildman–Crippen MR) is 130 cm³/mol. The van der Waals surface area contributed by atoms with E-state index in [1.54, 1.807) is 12.1 Å². The van der Waals surface area contributed by atoms with E-state index in [-0.39, 0.29) is 17.8 Å². The van der Waals surface area contributed by atoms with Gasteiger partial charge in [0.15, 0.2) is 5.58 Å². The van der Waals surface area contributed by atoms with E-state index < -0.39 is 0 Å². The number of para-hydroxylation sites is 2. The van der Waals surface area contributed by atoms with E-state index in [0.717, 1.165) is 41.1 Å². The number of aromatic nitrogens is 2. The first-order valence-corrected chi connectivity index (χ1v) is 12.5. The number of anilines is 1. The second-order valence-electron chi connectivity index (χ2n) is 9.16. The summed E-state index contributed by atoms with van der Waals surface area (Å²) in [6.45, 7) is 3.24. The Labute approximate surface area is 200 Å². The average Bonchev–Trinajstić information content (AvgIpc) is 3.60. The molecule has 0 spiro atoms. The highest BCUT2D eigenvalue weighted by molar-refractivity contribution is 7.14. The topological polar surface area (TPSA) is 71.3 Å². The largest absolute Gasteiger partial charge is 0.424 e. The van der Waals surface area contributed by atoms with Crippen LogP contribution in [0.3, 0.4) is 0 Å². The van der Waals surface area contributed by atoms with Crippen LogP contribution in [-0.2, 0) is 0 Å². The Morgan fingerprint density at radius 1 is 1.18 bits per heavy atom. The lowest BCUT2D eigenvalue weighted by molar-refractivity contribution is 0.0727. The fraction of sp³-hybridized carbons (Fsp3) is 0.346. The zero-order chi connectivity index (χ0) is 23.2. The molecule has 1 N–H and O–H groups in total. The molecule has 3 heterocycles. The molecule has 1 saturated heterocycles. The van der Waals surface area contributed by atoms with Crippen molar-refractivity contribution in [1.82, 2.24) is 14.9 Å². The van der Waals surface area contributed by atoms with Crippen LogP contribution in [0, 0.1) is 24.6 Å². The molecule has 1 saturated carbocycles. The summed E-state index contributed by atoms with van der Waals surface area (Å²) in [4.78, 5) is 25.7. The van der Waals surface area contributed by atoms with Gasteiger partial charge in [0.05, 0.1) is 16.7 Å². The van der Waals surface area contributed by atoms with E-state index in [2.05, 4.69) is 15.3 Å². The maximum atomic E-state index is 13.9. The van der Waals surface area contributed by atoms with Crippen LogP contribution in [0.25, 0.3) is 22.4 Å². The predicted octanol–water partition coefficient (Wildman–Crippen LogP) is 5.75. The van der Waals surface area contributed by atoms with E-state index in [9.17, 15) is 9.18 Å². The minimum atomic E-state index is -0.304. The summed E-state index contributed by atoms with van der Waals surface area (Å²) in [7, 11) is 0. The third kappa shape index (κ3) is 3.76. The maximum Gasteiger partial charge on any atom is 0.295 e. The average molecular weight is 477 g/mol. The van der Waals surface area contributed by atoms with Crippen LogP contribution in [0.4, 0.5) is 10.4 Å². The number of benzene rings is 2. The SMILES string of the molecule is Cc1nc(-c2ccc(F)cc2)c(C(=O)N2C[C@H]3CCC[C@H]3[C@@H]2CNc2nc3ccccc3o2)s1. The maximum absolute atomic E-state index is 13.9. The summed E-state index contributed by atoms with van der Waals surface area (Å²) in [5.41, 5.74) is 2.95. The van der Waals surface area contributed by atoms with Crippen molar-refractivity contribution in [3.8, 4) is 11.3 Å². The molecule has 174 valence electrons. The van der Waals surface area contributed by atoms with Gasteiger partial charge < -0.3 is 14.6 Å². The number of nitrogens with zero attached hydrogens (tertiary/aromatic N) is 3. The number of oxazole rings is 1. The zero-order valence-electron chi connectivity index (χ0n) is 18.8. The highest BCUT2D eigenvalue weighted by Gasteiger charge is 2.46. The molecule has 0 unspecified atom stereocenters. The molecule has 1 amide bonds. The van der Waals surface area contributed by atoms with Gasteiger partial charge in [-0.15, -0.1) is 11.3 Å². The first-order chi connectivity index (χ1) is 16.6. The van der Waals surface area contributed by atoms with Gasteiger partial charge in [-0.25, -0.2) is 9.37 Å². The van der Waals surface area contributed by atoms with E-state index in [1.165, 1.54) is 29.9 Å². The number of amides is 1. The van der Waals surface area contributed by atoms with Gasteiger partial charge in [-0.2, -0.15) is 4.98 Å². The lowest BCUT2D eigenvalue weighted by Crippen LogP contribution is -2.42. The minimum absolute atomic E-state index is 0.00342. The molecule has 2 aromatic carbocycles. The van der Waals surface area contributed by atoms with Gasteiger partial charge in [0, 0.05) is 18.7 Å². The van der Waals surface area contributed by atoms with Crippen molar-refractivity contribution >= 4 is 34.4 Å². The van der Waals surface area contributed by atoms with Crippen molar-refractivity contribution < 1.29 is 13.6 Å². The van der Waals surface area contributed by atoms with Gasteiger partial charge in [0.1, 0.15) is 16.2 Å². The van der Waals surface area contributed by atoms with Gasteiger partial charge in [0.25, 0.3) is 11.9 Å². The highest BCUT2D eigenvalue weighted by atomic mass is 32.1. The summed E-state index contributed by atoms with van der Waals surface area (Å²) in [6.07, 6.45) is 3.48. The third-order valence-electron chi connectivity index (χ3n) is 7.11. The van der Waals surface area contributed by atoms with E-state index >= 15 is 0 Å². The van der Waals surface area contributed by atoms with Crippen molar-refractivity contribution in [3.63, 3.8) is 0 Å². The number of hydrogen-bond donors (Lipinski definition) is 1. The van der Waals surface area contributed by atoms with Crippen molar-refractivity contribution in [2.24, 2.45) is 11.8 Å². The number of nitrogens with one attached hydrogen (secondary N) is 1. The Bertz CT molecular complexity index is 1320. The van der Waals surface area contributed by atoms with Gasteiger partial charge in [-0.05, 0) is 68.0 Å². The molecular weight excluding hydrogens is 451 g/mol. The number of halogens is 1. The number of carbonyl (C=O) groups is 1. The number of rotatable bonds is 5. The van der Waals surface area contributed by atoms with Crippen molar-refractivity contribution in [1.29, 1.82) is 0 Å². The lowest BCUT2D eigenvalue weighted by atomic mass is 9.94. The number of hydrogen-bond acceptors (Lipinski definition) is 6. The molecular formula is C26H25FN4O2S. The molecule has 1 aliphatic carbocycles. The molecule has 6 nitrogen and oxygen atoms in total. The van der Waals surface area contributed by atoms with Crippen molar-refractivity contribution in [3.05, 3.63) is 64.2 Å². The van der Waals surface area contributed by atoms with Crippen LogP contribution in [0.5, 0.6) is 0 Å². The molecule has 0 bridgehead atoms. The molecule has 4 aromatic rings. The minimum Gasteiger partial charge on any atom is -0.424 e. The third-order valence-corrected chi connectivity index (χ3v) is 8.07. The Kier molecular flexibility index (Phi) is 5.32. The van der Waals surface area contributed by atoms with E-state index in [1.807, 2.05) is 36.1 Å². The fourth-order valence-electron chi connectivity index (χ4n) is 5.56. The smallest absolute Gasteiger partial charge is 0.295 e. The van der Waals surface area contributed by atoms with Crippen LogP contribution < -0.4 is 5.32 Å². The first kappa shape index (κ1) is 21.3. The van der Waals surface area contributed by atoms with Gasteiger partial charge in [-0.3, -0.25) is 4.79 Å². The summed E-state index contributed by atoms with van der Waals surface area (Å²) >= 11 is 1.41. The Hall–Kier alpha value is -3.26. The van der Waals surface area contributed by atoms with Gasteiger partial charge in [-0.1, -0.05) is 18.6 Å². The molecule has 34 heavy (non-hydrogen) atoms. The van der Waals surface area contributed by atoms with Crippen LogP contribution in [-0.4, -0.2) is 39.9 Å². The summed E-state index contributed by atoms with van der Waals surface area (Å²) < 4.78 is 19.3. The molecule has 2 aliphatic rings. The molecule has 3 atom stereocenters.